The second-order valence-corrected chi connectivity index (χ2v) is 5.59. The van der Waals surface area contributed by atoms with Gasteiger partial charge in [0.25, 0.3) is 10.0 Å². The Balaban J connectivity index is 0. The number of hydrogen-bond acceptors (Lipinski definition) is 5. The molecule has 0 spiro atoms. The minimum Gasteiger partial charge on any atom is -1.00 e. The van der Waals surface area contributed by atoms with Crippen molar-refractivity contribution in [3.63, 3.8) is 0 Å². The van der Waals surface area contributed by atoms with Crippen LogP contribution in [0.1, 0.15) is 1.43 Å². The first-order chi connectivity index (χ1) is 7.58. The number of thiazole rings is 1. The molecule has 94 valence electrons. The first-order valence-corrected chi connectivity index (χ1v) is 6.72. The maximum Gasteiger partial charge on any atom is 1.00 e. The van der Waals surface area contributed by atoms with Crippen LogP contribution < -0.4 is 40.0 Å². The Bertz CT molecular complexity index is 575. The van der Waals surface area contributed by atoms with Crippen molar-refractivity contribution in [2.24, 2.45) is 0 Å². The Labute approximate surface area is 132 Å². The monoisotopic (exact) mass is 297 g/mol. The summed E-state index contributed by atoms with van der Waals surface area (Å²) >= 11 is 1.22. The standard InChI is InChI=1S/C9H9N3O2S2.Na.H2O.H/c10-7-1-3-8(4-2-7)16(13,14)12-9-11-5-6-15-9;;;/h1-6H,10H2,(H,11,12);;1H2;/q;+1;;-1. The summed E-state index contributed by atoms with van der Waals surface area (Å²) in [6.07, 6.45) is 1.53. The molecular weight excluding hydrogens is 285 g/mol. The number of nitrogens with one attached hydrogen (secondary N) is 1. The van der Waals surface area contributed by atoms with Gasteiger partial charge in [-0.1, -0.05) is 0 Å². The maximum atomic E-state index is 11.8. The molecule has 0 radical (unpaired) electrons. The quantitative estimate of drug-likeness (QED) is 0.494. The molecular formula is C9H12N3NaO3S2. The van der Waals surface area contributed by atoms with Crippen molar-refractivity contribution in [3.05, 3.63) is 35.8 Å². The number of rotatable bonds is 3. The van der Waals surface area contributed by atoms with Crippen molar-refractivity contribution in [1.29, 1.82) is 0 Å². The van der Waals surface area contributed by atoms with E-state index in [9.17, 15) is 8.42 Å². The van der Waals surface area contributed by atoms with E-state index >= 15 is 0 Å². The van der Waals surface area contributed by atoms with E-state index in [0.29, 0.717) is 10.8 Å². The Morgan fingerprint density at radius 3 is 2.39 bits per heavy atom. The number of hydrogen-bond donors (Lipinski definition) is 2. The molecule has 2 rings (SSSR count). The SMILES string of the molecule is Nc1ccc(S(=O)(=O)Nc2nccs2)cc1.O.[H-].[Na+]. The smallest absolute Gasteiger partial charge is 1.00 e. The van der Waals surface area contributed by atoms with Crippen LogP contribution in [0.5, 0.6) is 0 Å². The number of nitrogen functional groups attached to an aromatic ring is 1. The van der Waals surface area contributed by atoms with E-state index in [2.05, 4.69) is 9.71 Å². The summed E-state index contributed by atoms with van der Waals surface area (Å²) in [5, 5.41) is 2.04. The molecule has 1 aromatic heterocycles. The fourth-order valence-corrected chi connectivity index (χ4v) is 2.88. The third kappa shape index (κ3) is 4.23. The molecule has 0 amide bonds. The Morgan fingerprint density at radius 2 is 1.89 bits per heavy atom. The molecule has 0 bridgehead atoms. The molecule has 0 saturated carbocycles. The third-order valence-corrected chi connectivity index (χ3v) is 4.02. The van der Waals surface area contributed by atoms with Crippen LogP contribution in [-0.4, -0.2) is 18.9 Å². The average molecular weight is 297 g/mol. The van der Waals surface area contributed by atoms with Gasteiger partial charge in [-0.3, -0.25) is 4.72 Å². The zero-order valence-corrected chi connectivity index (χ0v) is 13.3. The van der Waals surface area contributed by atoms with Gasteiger partial charge in [-0.05, 0) is 24.3 Å². The number of nitrogens with zero attached hydrogens (tertiary/aromatic N) is 1. The number of benzene rings is 1. The predicted octanol–water partition coefficient (Wildman–Crippen LogP) is -2.18. The van der Waals surface area contributed by atoms with Gasteiger partial charge in [0.2, 0.25) is 0 Å². The zero-order valence-electron chi connectivity index (χ0n) is 10.6. The van der Waals surface area contributed by atoms with E-state index in [0.717, 1.165) is 0 Å². The van der Waals surface area contributed by atoms with Gasteiger partial charge in [-0.2, -0.15) is 0 Å². The maximum absolute atomic E-state index is 11.8. The summed E-state index contributed by atoms with van der Waals surface area (Å²) in [5.74, 6) is 0. The van der Waals surface area contributed by atoms with E-state index < -0.39 is 10.0 Å². The van der Waals surface area contributed by atoms with E-state index in [1.54, 1.807) is 5.38 Å². The molecule has 0 unspecified atom stereocenters. The summed E-state index contributed by atoms with van der Waals surface area (Å²) in [6, 6.07) is 5.98. The van der Waals surface area contributed by atoms with Crippen molar-refractivity contribution in [2.45, 2.75) is 4.90 Å². The van der Waals surface area contributed by atoms with E-state index in [1.165, 1.54) is 41.8 Å². The molecule has 9 heteroatoms. The van der Waals surface area contributed by atoms with Crippen LogP contribution in [0.15, 0.2) is 40.7 Å². The van der Waals surface area contributed by atoms with Gasteiger partial charge in [0, 0.05) is 17.3 Å². The van der Waals surface area contributed by atoms with Gasteiger partial charge < -0.3 is 12.6 Å². The van der Waals surface area contributed by atoms with E-state index in [4.69, 9.17) is 5.73 Å². The Kier molecular flexibility index (Phi) is 6.82. The van der Waals surface area contributed by atoms with Crippen LogP contribution in [0.25, 0.3) is 0 Å². The van der Waals surface area contributed by atoms with Gasteiger partial charge in [0.15, 0.2) is 5.13 Å². The molecule has 0 saturated heterocycles. The molecule has 2 aromatic rings. The Hall–Kier alpha value is -0.640. The molecule has 18 heavy (non-hydrogen) atoms. The largest absolute Gasteiger partial charge is 1.00 e. The fraction of sp³-hybridized carbons (Fsp3) is 0. The molecule has 0 fully saturated rings. The number of sulfonamides is 1. The van der Waals surface area contributed by atoms with Crippen LogP contribution in [0.3, 0.4) is 0 Å². The Morgan fingerprint density at radius 1 is 1.28 bits per heavy atom. The normalized spacial score (nSPS) is 10.0. The second-order valence-electron chi connectivity index (χ2n) is 3.01. The van der Waals surface area contributed by atoms with Crippen molar-refractivity contribution in [3.8, 4) is 0 Å². The molecule has 0 atom stereocenters. The molecule has 0 aliphatic carbocycles. The summed E-state index contributed by atoms with van der Waals surface area (Å²) in [4.78, 5) is 4.01. The first-order valence-electron chi connectivity index (χ1n) is 4.36. The minimum absolute atomic E-state index is 0. The summed E-state index contributed by atoms with van der Waals surface area (Å²) in [7, 11) is -3.56. The number of anilines is 2. The molecule has 6 nitrogen and oxygen atoms in total. The molecule has 0 aliphatic rings. The topological polar surface area (TPSA) is 117 Å². The summed E-state index contributed by atoms with van der Waals surface area (Å²) < 4.78 is 26.0. The molecule has 1 aromatic carbocycles. The second kappa shape index (κ2) is 7.07. The van der Waals surface area contributed by atoms with Gasteiger partial charge in [-0.25, -0.2) is 13.4 Å². The number of aromatic nitrogens is 1. The third-order valence-electron chi connectivity index (χ3n) is 1.84. The van der Waals surface area contributed by atoms with Gasteiger partial charge >= 0.3 is 29.6 Å². The zero-order chi connectivity index (χ0) is 11.6. The van der Waals surface area contributed by atoms with Crippen molar-refractivity contribution in [1.82, 2.24) is 4.98 Å². The molecule has 5 N–H and O–H groups in total. The summed E-state index contributed by atoms with van der Waals surface area (Å²) in [6.45, 7) is 0. The average Bonchev–Trinajstić information content (AvgIpc) is 2.70. The van der Waals surface area contributed by atoms with Gasteiger partial charge in [0.1, 0.15) is 0 Å². The van der Waals surface area contributed by atoms with Gasteiger partial charge in [0.05, 0.1) is 4.90 Å². The van der Waals surface area contributed by atoms with Gasteiger partial charge in [-0.15, -0.1) is 11.3 Å². The van der Waals surface area contributed by atoms with Crippen LogP contribution in [0.4, 0.5) is 10.8 Å². The summed E-state index contributed by atoms with van der Waals surface area (Å²) in [5.41, 5.74) is 6.00. The van der Waals surface area contributed by atoms with Crippen LogP contribution in [0.2, 0.25) is 0 Å². The minimum atomic E-state index is -3.56. The van der Waals surface area contributed by atoms with Crippen LogP contribution in [-0.2, 0) is 10.0 Å². The van der Waals surface area contributed by atoms with Crippen molar-refractivity contribution in [2.75, 3.05) is 10.5 Å². The first kappa shape index (κ1) is 17.4. The number of nitrogens with two attached hydrogens (primary N) is 1. The van der Waals surface area contributed by atoms with E-state index in [-0.39, 0.29) is 41.4 Å². The van der Waals surface area contributed by atoms with E-state index in [1.807, 2.05) is 0 Å². The molecule has 0 aliphatic heterocycles. The fourth-order valence-electron chi connectivity index (χ4n) is 1.09. The van der Waals surface area contributed by atoms with Crippen molar-refractivity contribution >= 4 is 32.2 Å². The van der Waals surface area contributed by atoms with Crippen LogP contribution >= 0.6 is 11.3 Å². The van der Waals surface area contributed by atoms with Crippen LogP contribution in [0, 0.1) is 0 Å². The molecule has 1 heterocycles. The predicted molar refractivity (Wildman–Crippen MR) is 68.5 cm³/mol. The van der Waals surface area contributed by atoms with Crippen molar-refractivity contribution < 1.29 is 44.9 Å².